The number of ether oxygens (including phenoxy) is 3. The van der Waals surface area contributed by atoms with Crippen LogP contribution >= 0.6 is 0 Å². The number of H-pyrrole nitrogens is 1. The van der Waals surface area contributed by atoms with Gasteiger partial charge in [-0.1, -0.05) is 39.3 Å². The monoisotopic (exact) mass is 756 g/mol. The molecule has 14 heteroatoms. The zero-order valence-corrected chi connectivity index (χ0v) is 34.8. The molecule has 0 spiro atoms. The van der Waals surface area contributed by atoms with E-state index in [1.807, 2.05) is 91.7 Å². The van der Waals surface area contributed by atoms with Gasteiger partial charge in [0, 0.05) is 88.4 Å². The minimum Gasteiger partial charge on any atom is -0.466 e. The molecule has 6 rings (SSSR count). The summed E-state index contributed by atoms with van der Waals surface area (Å²) in [5.74, 6) is -0.220. The van der Waals surface area contributed by atoms with Crippen molar-refractivity contribution in [3.05, 3.63) is 73.8 Å². The molecule has 0 aliphatic rings. The molecule has 0 saturated carbocycles. The number of carbonyl (C=O) groups is 1. The second-order valence-corrected chi connectivity index (χ2v) is 27.7. The Morgan fingerprint density at radius 3 is 1.83 bits per heavy atom. The summed E-state index contributed by atoms with van der Waals surface area (Å²) >= 11 is 0. The van der Waals surface area contributed by atoms with E-state index >= 15 is 0 Å². The van der Waals surface area contributed by atoms with Crippen molar-refractivity contribution in [3.8, 4) is 22.3 Å². The van der Waals surface area contributed by atoms with Crippen molar-refractivity contribution in [1.82, 2.24) is 39.1 Å². The number of carbonyl (C=O) groups excluding carboxylic acids is 1. The molecule has 0 unspecified atom stereocenters. The van der Waals surface area contributed by atoms with Crippen LogP contribution in [0.15, 0.2) is 73.8 Å². The van der Waals surface area contributed by atoms with Crippen molar-refractivity contribution >= 4 is 44.2 Å². The molecule has 0 bridgehead atoms. The van der Waals surface area contributed by atoms with E-state index in [2.05, 4.69) is 81.2 Å². The van der Waals surface area contributed by atoms with E-state index in [1.165, 1.54) is 6.04 Å². The summed E-state index contributed by atoms with van der Waals surface area (Å²) in [7, 11) is -2.14. The lowest BCUT2D eigenvalue weighted by atomic mass is 10.0. The second kappa shape index (κ2) is 17.2. The maximum absolute atomic E-state index is 12.0. The van der Waals surface area contributed by atoms with E-state index < -0.39 is 21.7 Å². The highest BCUT2D eigenvalue weighted by atomic mass is 28.3. The zero-order chi connectivity index (χ0) is 38.2. The minimum absolute atomic E-state index is 0.220. The van der Waals surface area contributed by atoms with Crippen molar-refractivity contribution in [2.75, 3.05) is 19.8 Å². The Labute approximate surface area is 314 Å². The van der Waals surface area contributed by atoms with Crippen molar-refractivity contribution in [2.45, 2.75) is 97.6 Å². The first kappa shape index (κ1) is 39.8. The summed E-state index contributed by atoms with van der Waals surface area (Å²) in [5.41, 5.74) is 5.62. The minimum atomic E-state index is -1.10. The van der Waals surface area contributed by atoms with Gasteiger partial charge in [-0.3, -0.25) is 14.6 Å². The fourth-order valence-corrected chi connectivity index (χ4v) is 7.33. The number of esters is 1. The van der Waals surface area contributed by atoms with Crippen LogP contribution in [0.25, 0.3) is 44.3 Å². The van der Waals surface area contributed by atoms with Gasteiger partial charge in [0.25, 0.3) is 0 Å². The molecule has 6 aromatic heterocycles. The van der Waals surface area contributed by atoms with Gasteiger partial charge in [0.2, 0.25) is 0 Å². The number of nitrogens with one attached hydrogen (secondary N) is 1. The van der Waals surface area contributed by atoms with E-state index in [0.717, 1.165) is 63.6 Å². The van der Waals surface area contributed by atoms with E-state index in [1.54, 1.807) is 0 Å². The van der Waals surface area contributed by atoms with Crippen LogP contribution in [0.1, 0.15) is 27.2 Å². The Balaban J connectivity index is 0.000000216. The van der Waals surface area contributed by atoms with Crippen LogP contribution in [-0.2, 0) is 38.0 Å². The van der Waals surface area contributed by atoms with Gasteiger partial charge in [-0.05, 0) is 68.3 Å². The molecule has 0 fully saturated rings. The highest BCUT2D eigenvalue weighted by molar-refractivity contribution is 6.76. The molecule has 6 heterocycles. The quantitative estimate of drug-likeness (QED) is 0.0591. The third kappa shape index (κ3) is 10.8. The molecule has 0 amide bonds. The molecule has 12 nitrogen and oxygen atoms in total. The summed E-state index contributed by atoms with van der Waals surface area (Å²) in [6.45, 7) is 22.9. The lowest BCUT2D eigenvalue weighted by Gasteiger charge is -2.24. The number of aromatic amines is 1. The molecule has 284 valence electrons. The Kier molecular flexibility index (Phi) is 12.9. The van der Waals surface area contributed by atoms with Crippen molar-refractivity contribution in [2.24, 2.45) is 0 Å². The third-order valence-corrected chi connectivity index (χ3v) is 12.4. The van der Waals surface area contributed by atoms with Crippen LogP contribution in [0.3, 0.4) is 0 Å². The van der Waals surface area contributed by atoms with Gasteiger partial charge < -0.3 is 23.3 Å². The molecule has 1 N–H and O–H groups in total. The van der Waals surface area contributed by atoms with Crippen LogP contribution in [0.4, 0.5) is 0 Å². The van der Waals surface area contributed by atoms with Gasteiger partial charge in [0.1, 0.15) is 24.8 Å². The standard InChI is InChI=1S/C23H34N4O3Si.C16H22N4OSi/c1-7-30-21(28)14-23(2,3)27-16-18(15-25-27)19-8-10-24-22-20(19)9-11-26(22)17-29-12-13-31(4,5)6;1-22(2,3)9-8-21-12-20-7-5-15-14(4-6-17-16(15)20)13-10-18-19-11-13/h8-11,15-16H,7,12-14,17H2,1-6H3;4-7,10-11H,8-9,12H2,1-3H3,(H,18,19). The SMILES string of the molecule is CCOC(=O)CC(C)(C)n1cc(-c2ccnc3c2ccn3COCC[Si](C)(C)C)cn1.C[Si](C)(C)CCOCn1ccc2c(-c3cn[nH]c3)ccnc21. The summed E-state index contributed by atoms with van der Waals surface area (Å²) in [4.78, 5) is 21.0. The molecule has 0 saturated heterocycles. The van der Waals surface area contributed by atoms with Crippen molar-refractivity contribution in [3.63, 3.8) is 0 Å². The first-order valence-electron chi connectivity index (χ1n) is 18.4. The Hall–Kier alpha value is -4.38. The van der Waals surface area contributed by atoms with Crippen LogP contribution < -0.4 is 0 Å². The Morgan fingerprint density at radius 1 is 0.792 bits per heavy atom. The van der Waals surface area contributed by atoms with Gasteiger partial charge in [-0.2, -0.15) is 10.2 Å². The van der Waals surface area contributed by atoms with Crippen LogP contribution in [0, 0.1) is 0 Å². The normalized spacial score (nSPS) is 12.3. The Morgan fingerprint density at radius 2 is 1.34 bits per heavy atom. The van der Waals surface area contributed by atoms with Crippen LogP contribution in [-0.4, -0.2) is 81.0 Å². The zero-order valence-electron chi connectivity index (χ0n) is 32.8. The first-order valence-corrected chi connectivity index (χ1v) is 25.8. The van der Waals surface area contributed by atoms with E-state index in [4.69, 9.17) is 14.2 Å². The summed E-state index contributed by atoms with van der Waals surface area (Å²) in [5, 5.41) is 13.6. The van der Waals surface area contributed by atoms with E-state index in [0.29, 0.717) is 20.1 Å². The summed E-state index contributed by atoms with van der Waals surface area (Å²) in [6, 6.07) is 10.5. The molecular formula is C39H56N8O4Si2. The highest BCUT2D eigenvalue weighted by Gasteiger charge is 2.26. The van der Waals surface area contributed by atoms with E-state index in [9.17, 15) is 4.79 Å². The molecule has 53 heavy (non-hydrogen) atoms. The molecule has 6 aromatic rings. The fraction of sp³-hybridized carbons (Fsp3) is 0.462. The van der Waals surface area contributed by atoms with Gasteiger partial charge in [-0.15, -0.1) is 0 Å². The molecule has 0 radical (unpaired) electrons. The number of aromatic nitrogens is 8. The lowest BCUT2D eigenvalue weighted by molar-refractivity contribution is -0.145. The van der Waals surface area contributed by atoms with Gasteiger partial charge >= 0.3 is 5.97 Å². The van der Waals surface area contributed by atoms with Gasteiger partial charge in [-0.25, -0.2) is 9.97 Å². The molecular weight excluding hydrogens is 701 g/mol. The average Bonchev–Trinajstić information content (AvgIpc) is 3.91. The molecule has 0 atom stereocenters. The number of fused-ring (bicyclic) bond motifs is 2. The number of nitrogens with zero attached hydrogens (tertiary/aromatic N) is 7. The Bertz CT molecular complexity index is 2070. The van der Waals surface area contributed by atoms with E-state index in [-0.39, 0.29) is 12.4 Å². The van der Waals surface area contributed by atoms with Gasteiger partial charge in [0.15, 0.2) is 0 Å². The number of hydrogen-bond donors (Lipinski definition) is 1. The second-order valence-electron chi connectivity index (χ2n) is 16.4. The van der Waals surface area contributed by atoms with Crippen LogP contribution in [0.2, 0.25) is 51.4 Å². The smallest absolute Gasteiger partial charge is 0.308 e. The maximum Gasteiger partial charge on any atom is 0.308 e. The first-order chi connectivity index (χ1) is 25.1. The predicted molar refractivity (Wildman–Crippen MR) is 217 cm³/mol. The average molecular weight is 757 g/mol. The summed E-state index contributed by atoms with van der Waals surface area (Å²) < 4.78 is 22.8. The van der Waals surface area contributed by atoms with Crippen LogP contribution in [0.5, 0.6) is 0 Å². The summed E-state index contributed by atoms with van der Waals surface area (Å²) in [6.07, 6.45) is 15.5. The molecule has 0 aliphatic heterocycles. The fourth-order valence-electron chi connectivity index (χ4n) is 5.81. The highest BCUT2D eigenvalue weighted by Crippen LogP contribution is 2.31. The van der Waals surface area contributed by atoms with Gasteiger partial charge in [0.05, 0.1) is 31.0 Å². The topological polar surface area (TPSA) is 127 Å². The number of hydrogen-bond acceptors (Lipinski definition) is 8. The van der Waals surface area contributed by atoms with Crippen molar-refractivity contribution in [1.29, 1.82) is 0 Å². The predicted octanol–water partition coefficient (Wildman–Crippen LogP) is 8.64. The third-order valence-electron chi connectivity index (χ3n) is 8.98. The van der Waals surface area contributed by atoms with Crippen molar-refractivity contribution < 1.29 is 19.0 Å². The largest absolute Gasteiger partial charge is 0.466 e. The number of pyridine rings is 2. The molecule has 0 aromatic carbocycles. The maximum atomic E-state index is 12.0. The number of rotatable bonds is 16. The lowest BCUT2D eigenvalue weighted by Crippen LogP contribution is -2.30. The molecule has 0 aliphatic carbocycles.